The highest BCUT2D eigenvalue weighted by Gasteiger charge is 2.18. The lowest BCUT2D eigenvalue weighted by Gasteiger charge is -2.27. The van der Waals surface area contributed by atoms with E-state index in [4.69, 9.17) is 16.0 Å². The summed E-state index contributed by atoms with van der Waals surface area (Å²) in [6.07, 6.45) is 0.768. The molecule has 0 aliphatic rings. The minimum atomic E-state index is -0.0813. The van der Waals surface area contributed by atoms with Crippen LogP contribution in [0.3, 0.4) is 0 Å². The third-order valence-electron chi connectivity index (χ3n) is 2.08. The van der Waals surface area contributed by atoms with Crippen molar-refractivity contribution in [2.24, 2.45) is 10.9 Å². The SMILES string of the molecule is CCC(C(N)=NO)N(CC)CCO. The van der Waals surface area contributed by atoms with Crippen molar-refractivity contribution >= 4 is 5.84 Å². The van der Waals surface area contributed by atoms with Crippen molar-refractivity contribution in [2.45, 2.75) is 26.3 Å². The molecule has 0 saturated heterocycles. The molecule has 78 valence electrons. The fraction of sp³-hybridized carbons (Fsp3) is 0.875. The quantitative estimate of drug-likeness (QED) is 0.234. The van der Waals surface area contributed by atoms with Crippen LogP contribution in [-0.4, -0.2) is 46.8 Å². The molecule has 5 nitrogen and oxygen atoms in total. The predicted molar refractivity (Wildman–Crippen MR) is 51.8 cm³/mol. The van der Waals surface area contributed by atoms with Crippen LogP contribution in [-0.2, 0) is 0 Å². The van der Waals surface area contributed by atoms with E-state index in [0.29, 0.717) is 6.54 Å². The molecule has 0 rings (SSSR count). The minimum Gasteiger partial charge on any atom is -0.409 e. The summed E-state index contributed by atoms with van der Waals surface area (Å²) in [7, 11) is 0. The monoisotopic (exact) mass is 189 g/mol. The maximum Gasteiger partial charge on any atom is 0.156 e. The van der Waals surface area contributed by atoms with E-state index in [2.05, 4.69) is 5.16 Å². The molecule has 0 heterocycles. The van der Waals surface area contributed by atoms with Crippen LogP contribution in [0.1, 0.15) is 20.3 Å². The first kappa shape index (κ1) is 12.2. The van der Waals surface area contributed by atoms with E-state index in [1.165, 1.54) is 0 Å². The Kier molecular flexibility index (Phi) is 6.26. The summed E-state index contributed by atoms with van der Waals surface area (Å²) in [6.45, 7) is 5.34. The zero-order valence-electron chi connectivity index (χ0n) is 8.27. The van der Waals surface area contributed by atoms with Crippen LogP contribution in [0.25, 0.3) is 0 Å². The highest BCUT2D eigenvalue weighted by atomic mass is 16.4. The number of rotatable bonds is 6. The van der Waals surface area contributed by atoms with Crippen molar-refractivity contribution < 1.29 is 10.3 Å². The zero-order chi connectivity index (χ0) is 10.3. The summed E-state index contributed by atoms with van der Waals surface area (Å²) >= 11 is 0. The summed E-state index contributed by atoms with van der Waals surface area (Å²) in [5, 5.41) is 20.3. The van der Waals surface area contributed by atoms with E-state index in [-0.39, 0.29) is 18.5 Å². The zero-order valence-corrected chi connectivity index (χ0v) is 8.27. The molecule has 4 N–H and O–H groups in total. The number of aliphatic hydroxyl groups excluding tert-OH is 1. The van der Waals surface area contributed by atoms with E-state index in [1.54, 1.807) is 0 Å². The van der Waals surface area contributed by atoms with Crippen molar-refractivity contribution in [2.75, 3.05) is 19.7 Å². The molecule has 0 aromatic heterocycles. The Morgan fingerprint density at radius 1 is 1.54 bits per heavy atom. The van der Waals surface area contributed by atoms with Crippen molar-refractivity contribution in [3.63, 3.8) is 0 Å². The van der Waals surface area contributed by atoms with Crippen LogP contribution >= 0.6 is 0 Å². The maximum absolute atomic E-state index is 8.78. The normalized spacial score (nSPS) is 14.9. The third-order valence-corrected chi connectivity index (χ3v) is 2.08. The highest BCUT2D eigenvalue weighted by molar-refractivity contribution is 5.85. The van der Waals surface area contributed by atoms with Crippen LogP contribution in [0, 0.1) is 0 Å². The predicted octanol–water partition coefficient (Wildman–Crippen LogP) is -0.174. The Bertz CT molecular complexity index is 161. The second-order valence-corrected chi connectivity index (χ2v) is 2.80. The number of hydrogen-bond acceptors (Lipinski definition) is 4. The Labute approximate surface area is 78.8 Å². The van der Waals surface area contributed by atoms with Crippen LogP contribution < -0.4 is 5.73 Å². The van der Waals surface area contributed by atoms with Gasteiger partial charge in [-0.15, -0.1) is 0 Å². The molecule has 0 saturated carbocycles. The first-order chi connectivity index (χ1) is 6.21. The Hall–Kier alpha value is -0.810. The molecule has 0 fully saturated rings. The summed E-state index contributed by atoms with van der Waals surface area (Å²) in [6, 6.07) is -0.0813. The molecule has 0 spiro atoms. The van der Waals surface area contributed by atoms with Gasteiger partial charge in [-0.2, -0.15) is 0 Å². The average molecular weight is 189 g/mol. The molecule has 0 aliphatic heterocycles. The molecule has 5 heteroatoms. The van der Waals surface area contributed by atoms with Gasteiger partial charge in [-0.1, -0.05) is 19.0 Å². The largest absolute Gasteiger partial charge is 0.409 e. The van der Waals surface area contributed by atoms with Gasteiger partial charge >= 0.3 is 0 Å². The van der Waals surface area contributed by atoms with Gasteiger partial charge in [-0.3, -0.25) is 4.90 Å². The van der Waals surface area contributed by atoms with E-state index in [0.717, 1.165) is 13.0 Å². The molecule has 0 aliphatic carbocycles. The van der Waals surface area contributed by atoms with Crippen molar-refractivity contribution in [3.05, 3.63) is 0 Å². The number of aliphatic hydroxyl groups is 1. The second-order valence-electron chi connectivity index (χ2n) is 2.80. The van der Waals surface area contributed by atoms with Gasteiger partial charge in [-0.05, 0) is 13.0 Å². The van der Waals surface area contributed by atoms with Gasteiger partial charge in [0.05, 0.1) is 12.6 Å². The lowest BCUT2D eigenvalue weighted by atomic mass is 10.1. The smallest absolute Gasteiger partial charge is 0.156 e. The fourth-order valence-corrected chi connectivity index (χ4v) is 1.38. The van der Waals surface area contributed by atoms with Gasteiger partial charge in [0.1, 0.15) is 0 Å². The summed E-state index contributed by atoms with van der Waals surface area (Å²) in [5.41, 5.74) is 5.51. The Balaban J connectivity index is 4.33. The van der Waals surface area contributed by atoms with E-state index in [1.807, 2.05) is 18.7 Å². The molecular formula is C8H19N3O2. The van der Waals surface area contributed by atoms with Crippen molar-refractivity contribution in [1.29, 1.82) is 0 Å². The number of nitrogens with zero attached hydrogens (tertiary/aromatic N) is 2. The molecule has 0 amide bonds. The molecule has 1 atom stereocenters. The van der Waals surface area contributed by atoms with Gasteiger partial charge in [-0.25, -0.2) is 0 Å². The van der Waals surface area contributed by atoms with Gasteiger partial charge < -0.3 is 16.0 Å². The summed E-state index contributed by atoms with van der Waals surface area (Å²) < 4.78 is 0. The van der Waals surface area contributed by atoms with Crippen molar-refractivity contribution in [3.8, 4) is 0 Å². The Morgan fingerprint density at radius 2 is 2.15 bits per heavy atom. The highest BCUT2D eigenvalue weighted by Crippen LogP contribution is 2.03. The third kappa shape index (κ3) is 3.61. The van der Waals surface area contributed by atoms with Gasteiger partial charge in [0.2, 0.25) is 0 Å². The number of nitrogens with two attached hydrogens (primary N) is 1. The topological polar surface area (TPSA) is 82.1 Å². The fourth-order valence-electron chi connectivity index (χ4n) is 1.38. The number of amidine groups is 1. The van der Waals surface area contributed by atoms with E-state index >= 15 is 0 Å². The molecule has 0 bridgehead atoms. The second kappa shape index (κ2) is 6.68. The van der Waals surface area contributed by atoms with Crippen LogP contribution in [0.15, 0.2) is 5.16 Å². The van der Waals surface area contributed by atoms with Gasteiger partial charge in [0.25, 0.3) is 0 Å². The molecule has 0 aromatic rings. The molecule has 13 heavy (non-hydrogen) atoms. The van der Waals surface area contributed by atoms with Crippen LogP contribution in [0.2, 0.25) is 0 Å². The minimum absolute atomic E-state index is 0.0813. The van der Waals surface area contributed by atoms with Gasteiger partial charge in [0.15, 0.2) is 5.84 Å². The summed E-state index contributed by atoms with van der Waals surface area (Å²) in [4.78, 5) is 1.97. The number of oxime groups is 1. The maximum atomic E-state index is 8.78. The van der Waals surface area contributed by atoms with E-state index in [9.17, 15) is 0 Å². The van der Waals surface area contributed by atoms with Gasteiger partial charge in [0, 0.05) is 6.54 Å². The first-order valence-electron chi connectivity index (χ1n) is 4.53. The summed E-state index contributed by atoms with van der Waals surface area (Å²) in [5.74, 6) is 0.206. The number of hydrogen-bond donors (Lipinski definition) is 3. The lowest BCUT2D eigenvalue weighted by Crippen LogP contribution is -2.45. The average Bonchev–Trinajstić information content (AvgIpc) is 2.17. The standard InChI is InChI=1S/C8H19N3O2/c1-3-7(8(9)10-13)11(4-2)5-6-12/h7,12-13H,3-6H2,1-2H3,(H2,9,10). The molecular weight excluding hydrogens is 170 g/mol. The van der Waals surface area contributed by atoms with Crippen LogP contribution in [0.5, 0.6) is 0 Å². The van der Waals surface area contributed by atoms with E-state index < -0.39 is 0 Å². The Morgan fingerprint density at radius 3 is 2.46 bits per heavy atom. The first-order valence-corrected chi connectivity index (χ1v) is 4.53. The van der Waals surface area contributed by atoms with Crippen molar-refractivity contribution in [1.82, 2.24) is 4.90 Å². The van der Waals surface area contributed by atoms with Crippen LogP contribution in [0.4, 0.5) is 0 Å². The number of likely N-dealkylation sites (N-methyl/N-ethyl adjacent to an activating group) is 1. The molecule has 0 radical (unpaired) electrons. The molecule has 1 unspecified atom stereocenters. The lowest BCUT2D eigenvalue weighted by molar-refractivity contribution is 0.178. The molecule has 0 aromatic carbocycles.